The molecule has 1 atom stereocenters. The average molecular weight is 352 g/mol. The Morgan fingerprint density at radius 2 is 2.17 bits per heavy atom. The first kappa shape index (κ1) is 14.9. The van der Waals surface area contributed by atoms with Crippen molar-refractivity contribution in [2.45, 2.75) is 19.0 Å². The molecule has 122 valence electrons. The second-order valence-electron chi connectivity index (χ2n) is 5.69. The Kier molecular flexibility index (Phi) is 3.74. The number of sulfone groups is 1. The van der Waals surface area contributed by atoms with Gasteiger partial charge in [0.2, 0.25) is 6.79 Å². The molecule has 1 saturated heterocycles. The van der Waals surface area contributed by atoms with Crippen LogP contribution in [0, 0.1) is 0 Å². The van der Waals surface area contributed by atoms with Crippen molar-refractivity contribution in [2.75, 3.05) is 18.3 Å². The third-order valence-electron chi connectivity index (χ3n) is 3.98. The van der Waals surface area contributed by atoms with E-state index < -0.39 is 9.84 Å². The first-order valence-corrected chi connectivity index (χ1v) is 10.1. The predicted molar refractivity (Wildman–Crippen MR) is 87.6 cm³/mol. The van der Waals surface area contributed by atoms with Gasteiger partial charge in [0.25, 0.3) is 0 Å². The van der Waals surface area contributed by atoms with E-state index in [4.69, 9.17) is 9.47 Å². The van der Waals surface area contributed by atoms with Crippen LogP contribution in [0.5, 0.6) is 11.5 Å². The Balaban J connectivity index is 1.43. The van der Waals surface area contributed by atoms with Gasteiger partial charge in [0.1, 0.15) is 5.01 Å². The molecule has 1 fully saturated rings. The van der Waals surface area contributed by atoms with Gasteiger partial charge < -0.3 is 14.8 Å². The van der Waals surface area contributed by atoms with Crippen molar-refractivity contribution in [3.05, 3.63) is 29.3 Å². The summed E-state index contributed by atoms with van der Waals surface area (Å²) in [4.78, 5) is 4.61. The van der Waals surface area contributed by atoms with Gasteiger partial charge in [0, 0.05) is 23.5 Å². The molecule has 0 saturated carbocycles. The van der Waals surface area contributed by atoms with Gasteiger partial charge >= 0.3 is 0 Å². The summed E-state index contributed by atoms with van der Waals surface area (Å²) in [5, 5.41) is 6.19. The number of fused-ring (bicyclic) bond motifs is 1. The van der Waals surface area contributed by atoms with Crippen LogP contribution in [-0.4, -0.2) is 37.7 Å². The summed E-state index contributed by atoms with van der Waals surface area (Å²) in [7, 11) is -2.85. The molecule has 4 rings (SSSR count). The van der Waals surface area contributed by atoms with Gasteiger partial charge in [0.05, 0.1) is 17.2 Å². The quantitative estimate of drug-likeness (QED) is 0.904. The van der Waals surface area contributed by atoms with E-state index in [2.05, 4.69) is 10.3 Å². The normalized spacial score (nSPS) is 21.7. The lowest BCUT2D eigenvalue weighted by Crippen LogP contribution is -2.29. The van der Waals surface area contributed by atoms with Crippen LogP contribution < -0.4 is 14.8 Å². The third kappa shape index (κ3) is 3.19. The van der Waals surface area contributed by atoms with Crippen LogP contribution in [0.25, 0.3) is 10.6 Å². The molecule has 1 N–H and O–H groups in total. The Hall–Kier alpha value is -1.64. The molecule has 0 spiro atoms. The van der Waals surface area contributed by atoms with Crippen molar-refractivity contribution in [2.24, 2.45) is 0 Å². The van der Waals surface area contributed by atoms with Crippen LogP contribution in [0.4, 0.5) is 0 Å². The van der Waals surface area contributed by atoms with Crippen molar-refractivity contribution in [3.63, 3.8) is 0 Å². The Labute approximate surface area is 138 Å². The number of hydrogen-bond acceptors (Lipinski definition) is 7. The minimum absolute atomic E-state index is 0.0377. The van der Waals surface area contributed by atoms with Crippen molar-refractivity contribution in [3.8, 4) is 22.1 Å². The summed E-state index contributed by atoms with van der Waals surface area (Å²) >= 11 is 1.56. The fourth-order valence-electron chi connectivity index (χ4n) is 2.76. The SMILES string of the molecule is O=S1(=O)CCC(NCc2csc(-c3ccc4c(c3)OCO4)n2)C1. The zero-order valence-corrected chi connectivity index (χ0v) is 14.0. The second-order valence-corrected chi connectivity index (χ2v) is 8.78. The molecular weight excluding hydrogens is 336 g/mol. The first-order chi connectivity index (χ1) is 11.1. The largest absolute Gasteiger partial charge is 0.454 e. The first-order valence-electron chi connectivity index (χ1n) is 7.37. The van der Waals surface area contributed by atoms with Gasteiger partial charge in [-0.2, -0.15) is 0 Å². The van der Waals surface area contributed by atoms with Crippen LogP contribution in [-0.2, 0) is 16.4 Å². The number of hydrogen-bond donors (Lipinski definition) is 1. The highest BCUT2D eigenvalue weighted by atomic mass is 32.2. The summed E-state index contributed by atoms with van der Waals surface area (Å²) in [5.74, 6) is 2.01. The van der Waals surface area contributed by atoms with Gasteiger partial charge in [-0.1, -0.05) is 0 Å². The fraction of sp³-hybridized carbons (Fsp3) is 0.400. The fourth-order valence-corrected chi connectivity index (χ4v) is 5.28. The maximum Gasteiger partial charge on any atom is 0.231 e. The van der Waals surface area contributed by atoms with Gasteiger partial charge in [-0.15, -0.1) is 11.3 Å². The van der Waals surface area contributed by atoms with Crippen LogP contribution in [0.3, 0.4) is 0 Å². The maximum absolute atomic E-state index is 11.5. The van der Waals surface area contributed by atoms with Crippen LogP contribution in [0.2, 0.25) is 0 Å². The van der Waals surface area contributed by atoms with Crippen molar-refractivity contribution < 1.29 is 17.9 Å². The number of nitrogens with one attached hydrogen (secondary N) is 1. The molecule has 0 radical (unpaired) electrons. The zero-order valence-electron chi connectivity index (χ0n) is 12.3. The standard InChI is InChI=1S/C15H16N2O4S2/c18-23(19)4-3-11(8-23)16-6-12-7-22-15(17-12)10-1-2-13-14(5-10)21-9-20-13/h1-2,5,7,11,16H,3-4,6,8-9H2. The second kappa shape index (κ2) is 5.77. The lowest BCUT2D eigenvalue weighted by atomic mass is 10.2. The van der Waals surface area contributed by atoms with E-state index >= 15 is 0 Å². The highest BCUT2D eigenvalue weighted by molar-refractivity contribution is 7.91. The average Bonchev–Trinajstić information content (AvgIpc) is 3.23. The molecule has 1 aromatic heterocycles. The molecule has 0 aliphatic carbocycles. The van der Waals surface area contributed by atoms with Gasteiger partial charge in [-0.05, 0) is 24.6 Å². The van der Waals surface area contributed by atoms with Crippen LogP contribution in [0.15, 0.2) is 23.6 Å². The topological polar surface area (TPSA) is 77.5 Å². The van der Waals surface area contributed by atoms with Crippen molar-refractivity contribution in [1.29, 1.82) is 0 Å². The van der Waals surface area contributed by atoms with E-state index in [1.54, 1.807) is 11.3 Å². The molecule has 2 aliphatic rings. The number of ether oxygens (including phenoxy) is 2. The number of thiazole rings is 1. The summed E-state index contributed by atoms with van der Waals surface area (Å²) < 4.78 is 33.6. The molecule has 2 aromatic rings. The minimum atomic E-state index is -2.85. The van der Waals surface area contributed by atoms with Gasteiger partial charge in [-0.25, -0.2) is 13.4 Å². The summed E-state index contributed by atoms with van der Waals surface area (Å²) in [5.41, 5.74) is 1.92. The van der Waals surface area contributed by atoms with Gasteiger partial charge in [0.15, 0.2) is 21.3 Å². The Morgan fingerprint density at radius 1 is 1.30 bits per heavy atom. The monoisotopic (exact) mass is 352 g/mol. The highest BCUT2D eigenvalue weighted by Gasteiger charge is 2.27. The Morgan fingerprint density at radius 3 is 3.00 bits per heavy atom. The third-order valence-corrected chi connectivity index (χ3v) is 6.68. The number of rotatable bonds is 4. The van der Waals surface area contributed by atoms with Crippen LogP contribution >= 0.6 is 11.3 Å². The van der Waals surface area contributed by atoms with Crippen molar-refractivity contribution in [1.82, 2.24) is 10.3 Å². The smallest absolute Gasteiger partial charge is 0.231 e. The maximum atomic E-state index is 11.5. The molecule has 2 aliphatic heterocycles. The predicted octanol–water partition coefficient (Wildman–Crippen LogP) is 1.82. The molecule has 1 unspecified atom stereocenters. The molecule has 8 heteroatoms. The number of nitrogens with zero attached hydrogens (tertiary/aromatic N) is 1. The van der Waals surface area contributed by atoms with Gasteiger partial charge in [-0.3, -0.25) is 0 Å². The van der Waals surface area contributed by atoms with Crippen LogP contribution in [0.1, 0.15) is 12.1 Å². The van der Waals surface area contributed by atoms with E-state index in [0.717, 1.165) is 27.8 Å². The lowest BCUT2D eigenvalue weighted by Gasteiger charge is -2.08. The van der Waals surface area contributed by atoms with E-state index in [1.807, 2.05) is 23.6 Å². The van der Waals surface area contributed by atoms with Crippen molar-refractivity contribution >= 4 is 21.2 Å². The summed E-state index contributed by atoms with van der Waals surface area (Å²) in [6.45, 7) is 0.845. The number of benzene rings is 1. The lowest BCUT2D eigenvalue weighted by molar-refractivity contribution is 0.174. The summed E-state index contributed by atoms with van der Waals surface area (Å²) in [6.07, 6.45) is 0.682. The molecular formula is C15H16N2O4S2. The minimum Gasteiger partial charge on any atom is -0.454 e. The molecule has 6 nitrogen and oxygen atoms in total. The van der Waals surface area contributed by atoms with E-state index in [-0.39, 0.29) is 24.3 Å². The molecule has 23 heavy (non-hydrogen) atoms. The molecule has 1 aromatic carbocycles. The van der Waals surface area contributed by atoms with E-state index in [1.165, 1.54) is 0 Å². The number of aromatic nitrogens is 1. The highest BCUT2D eigenvalue weighted by Crippen LogP contribution is 2.36. The summed E-state index contributed by atoms with van der Waals surface area (Å²) in [6, 6.07) is 5.82. The Bertz CT molecular complexity index is 832. The molecule has 0 amide bonds. The van der Waals surface area contributed by atoms with E-state index in [9.17, 15) is 8.42 Å². The van der Waals surface area contributed by atoms with E-state index in [0.29, 0.717) is 13.0 Å². The zero-order chi connectivity index (χ0) is 15.9. The molecule has 3 heterocycles. The molecule has 0 bridgehead atoms.